The van der Waals surface area contributed by atoms with Crippen LogP contribution >= 0.6 is 0 Å². The Kier molecular flexibility index (Phi) is 10.2. The van der Waals surface area contributed by atoms with Crippen molar-refractivity contribution in [3.8, 4) is 0 Å². The molecule has 1 spiro atoms. The molecule has 0 radical (unpaired) electrons. The lowest BCUT2D eigenvalue weighted by molar-refractivity contribution is -0.148. The largest absolute Gasteiger partial charge is 0.463 e. The molecule has 0 unspecified atom stereocenters. The zero-order valence-electron chi connectivity index (χ0n) is 26.5. The molecule has 6 rings (SSSR count). The average molecular weight is 642 g/mol. The topological polar surface area (TPSA) is 125 Å². The first-order valence-electron chi connectivity index (χ1n) is 16.7. The van der Waals surface area contributed by atoms with Gasteiger partial charge in [0.2, 0.25) is 17.7 Å². The smallest absolute Gasteiger partial charge is 0.306 e. The molecule has 10 nitrogen and oxygen atoms in total. The molecule has 2 saturated heterocycles. The zero-order valence-corrected chi connectivity index (χ0v) is 26.5. The highest BCUT2D eigenvalue weighted by Gasteiger charge is 2.73. The molecular weight excluding hydrogens is 598 g/mol. The third kappa shape index (κ3) is 6.75. The molecule has 2 fully saturated rings. The molecular formula is C37H43N3O7. The number of nitrogens with one attached hydrogen (secondary N) is 1. The fourth-order valence-electron chi connectivity index (χ4n) is 7.39. The highest BCUT2D eigenvalue weighted by atomic mass is 16.5. The van der Waals surface area contributed by atoms with Crippen LogP contribution in [0.4, 0.5) is 0 Å². The summed E-state index contributed by atoms with van der Waals surface area (Å²) < 4.78 is 12.2. The maximum absolute atomic E-state index is 14.8. The van der Waals surface area contributed by atoms with E-state index in [1.54, 1.807) is 9.80 Å². The Morgan fingerprint density at radius 2 is 1.64 bits per heavy atom. The number of benzene rings is 2. The number of unbranched alkanes of at least 4 members (excludes halogenated alkanes) is 3. The molecule has 4 aliphatic rings. The van der Waals surface area contributed by atoms with Crippen LogP contribution < -0.4 is 5.32 Å². The summed E-state index contributed by atoms with van der Waals surface area (Å²) in [5, 5.41) is 12.3. The van der Waals surface area contributed by atoms with Crippen LogP contribution in [0.2, 0.25) is 0 Å². The van der Waals surface area contributed by atoms with Crippen molar-refractivity contribution in [3.63, 3.8) is 0 Å². The van der Waals surface area contributed by atoms with Gasteiger partial charge in [-0.2, -0.15) is 0 Å². The van der Waals surface area contributed by atoms with Gasteiger partial charge in [0, 0.05) is 32.7 Å². The highest BCUT2D eigenvalue weighted by molar-refractivity contribution is 6.00. The summed E-state index contributed by atoms with van der Waals surface area (Å²) in [7, 11) is 0. The number of fused-ring (bicyclic) bond motifs is 2. The molecule has 4 aliphatic heterocycles. The van der Waals surface area contributed by atoms with E-state index in [0.717, 1.165) is 24.0 Å². The van der Waals surface area contributed by atoms with E-state index in [9.17, 15) is 24.3 Å². The predicted molar refractivity (Wildman–Crippen MR) is 173 cm³/mol. The molecule has 0 saturated carbocycles. The van der Waals surface area contributed by atoms with E-state index < -0.39 is 35.6 Å². The van der Waals surface area contributed by atoms with Crippen LogP contribution in [0.25, 0.3) is 0 Å². The average Bonchev–Trinajstić information content (AvgIpc) is 3.73. The van der Waals surface area contributed by atoms with Gasteiger partial charge >= 0.3 is 5.97 Å². The maximum Gasteiger partial charge on any atom is 0.306 e. The van der Waals surface area contributed by atoms with Crippen LogP contribution in [0.5, 0.6) is 0 Å². The Labute approximate surface area is 275 Å². The minimum Gasteiger partial charge on any atom is -0.463 e. The quantitative estimate of drug-likeness (QED) is 0.244. The molecule has 0 aliphatic carbocycles. The number of ether oxygens (including phenoxy) is 2. The van der Waals surface area contributed by atoms with E-state index in [4.69, 9.17) is 9.47 Å². The van der Waals surface area contributed by atoms with Crippen molar-refractivity contribution in [2.75, 3.05) is 26.3 Å². The maximum atomic E-state index is 14.8. The number of rotatable bonds is 9. The summed E-state index contributed by atoms with van der Waals surface area (Å²) in [6, 6.07) is 17.4. The number of aliphatic hydroxyl groups excluding tert-OH is 1. The van der Waals surface area contributed by atoms with E-state index in [1.807, 2.05) is 85.0 Å². The third-order valence-corrected chi connectivity index (χ3v) is 9.68. The van der Waals surface area contributed by atoms with Gasteiger partial charge in [0.1, 0.15) is 18.2 Å². The first-order valence-corrected chi connectivity index (χ1v) is 16.7. The van der Waals surface area contributed by atoms with E-state index in [-0.39, 0.29) is 49.9 Å². The number of esters is 1. The third-order valence-electron chi connectivity index (χ3n) is 9.68. The lowest BCUT2D eigenvalue weighted by Gasteiger charge is -2.36. The number of likely N-dealkylation sites (tertiary alicyclic amines) is 1. The number of hydrogen-bond acceptors (Lipinski definition) is 7. The Morgan fingerprint density at radius 3 is 2.40 bits per heavy atom. The van der Waals surface area contributed by atoms with E-state index >= 15 is 0 Å². The summed E-state index contributed by atoms with van der Waals surface area (Å²) in [6.45, 7) is 0.981. The van der Waals surface area contributed by atoms with Crippen LogP contribution in [-0.2, 0) is 35.2 Å². The van der Waals surface area contributed by atoms with Gasteiger partial charge in [0.15, 0.2) is 0 Å². The van der Waals surface area contributed by atoms with Gasteiger partial charge in [0.05, 0.1) is 24.0 Å². The SMILES string of the molecule is O=C1CC/C=C\CN(Cc2ccccc2)C(=O)[C@H]2N(CCCCCCO)C(=O)[C@@H]3[C@@H](C(=O)N[C@@H](c4ccccc4)CO1)[C@H]1C=C[C@]32O1. The first kappa shape index (κ1) is 32.7. The first-order chi connectivity index (χ1) is 22.9. The van der Waals surface area contributed by atoms with Gasteiger partial charge < -0.3 is 29.7 Å². The van der Waals surface area contributed by atoms with Crippen molar-refractivity contribution in [1.29, 1.82) is 0 Å². The minimum absolute atomic E-state index is 0.0535. The van der Waals surface area contributed by atoms with Crippen LogP contribution in [0, 0.1) is 11.8 Å². The fourth-order valence-corrected chi connectivity index (χ4v) is 7.39. The molecule has 2 aromatic rings. The number of nitrogens with zero attached hydrogens (tertiary/aromatic N) is 2. The molecule has 4 heterocycles. The molecule has 6 atom stereocenters. The Balaban J connectivity index is 1.37. The molecule has 5 bridgehead atoms. The molecule has 10 heteroatoms. The number of amides is 3. The summed E-state index contributed by atoms with van der Waals surface area (Å²) in [5.41, 5.74) is 0.425. The number of carbonyl (C=O) groups is 4. The standard InChI is InChI=1S/C37H43N3O7/c41-23-13-2-1-12-22-40-33-36(45)39(24-26-14-6-3-7-15-26)21-11-5-10-18-30(42)46-25-28(27-16-8-4-9-17-27)38-34(43)31-29-19-20-37(33,47-29)32(31)35(40)44/h3-9,11,14-17,19-20,28-29,31-33,41H,1-2,10,12-13,18,21-25H2,(H,38,43)/b11-5-/t28-,29-,31+,32+,33-,37+/m1/s1. The summed E-state index contributed by atoms with van der Waals surface area (Å²) in [6.07, 6.45) is 10.2. The lowest BCUT2D eigenvalue weighted by Crippen LogP contribution is -2.55. The lowest BCUT2D eigenvalue weighted by atomic mass is 9.74. The normalized spacial score (nSPS) is 29.9. The van der Waals surface area contributed by atoms with Crippen molar-refractivity contribution >= 4 is 23.7 Å². The Hall–Kier alpha value is -4.28. The second kappa shape index (κ2) is 14.6. The molecule has 2 N–H and O–H groups in total. The molecule has 47 heavy (non-hydrogen) atoms. The van der Waals surface area contributed by atoms with Crippen molar-refractivity contribution in [2.24, 2.45) is 11.8 Å². The van der Waals surface area contributed by atoms with Crippen molar-refractivity contribution < 1.29 is 33.8 Å². The number of aliphatic hydroxyl groups is 1. The second-order valence-electron chi connectivity index (χ2n) is 12.7. The van der Waals surface area contributed by atoms with E-state index in [2.05, 4.69) is 5.32 Å². The number of cyclic esters (lactones) is 1. The zero-order chi connectivity index (χ0) is 32.8. The van der Waals surface area contributed by atoms with E-state index in [1.165, 1.54) is 0 Å². The molecule has 0 aromatic heterocycles. The predicted octanol–water partition coefficient (Wildman–Crippen LogP) is 3.47. The van der Waals surface area contributed by atoms with Crippen LogP contribution in [0.1, 0.15) is 55.7 Å². The van der Waals surface area contributed by atoms with Crippen LogP contribution in [0.15, 0.2) is 85.0 Å². The van der Waals surface area contributed by atoms with Crippen molar-refractivity contribution in [1.82, 2.24) is 15.1 Å². The van der Waals surface area contributed by atoms with Gasteiger partial charge in [-0.15, -0.1) is 0 Å². The number of allylic oxidation sites excluding steroid dienone is 1. The van der Waals surface area contributed by atoms with E-state index in [0.29, 0.717) is 32.4 Å². The summed E-state index contributed by atoms with van der Waals surface area (Å²) in [4.78, 5) is 59.4. The Bertz CT molecular complexity index is 1500. The number of carbonyl (C=O) groups excluding carboxylic acids is 4. The fraction of sp³-hybridized carbons (Fsp3) is 0.459. The second-order valence-corrected chi connectivity index (χ2v) is 12.7. The van der Waals surface area contributed by atoms with Crippen molar-refractivity contribution in [3.05, 3.63) is 96.1 Å². The molecule has 248 valence electrons. The van der Waals surface area contributed by atoms with Gasteiger partial charge in [-0.3, -0.25) is 19.2 Å². The van der Waals surface area contributed by atoms with Crippen LogP contribution in [0.3, 0.4) is 0 Å². The molecule has 2 aromatic carbocycles. The van der Waals surface area contributed by atoms with Gasteiger partial charge in [-0.05, 0) is 30.4 Å². The summed E-state index contributed by atoms with van der Waals surface area (Å²) >= 11 is 0. The van der Waals surface area contributed by atoms with Crippen molar-refractivity contribution in [2.45, 2.75) is 68.9 Å². The van der Waals surface area contributed by atoms with Gasteiger partial charge in [-0.1, -0.05) is 97.8 Å². The highest BCUT2D eigenvalue weighted by Crippen LogP contribution is 2.55. The minimum atomic E-state index is -1.28. The monoisotopic (exact) mass is 641 g/mol. The summed E-state index contributed by atoms with van der Waals surface area (Å²) in [5.74, 6) is -3.03. The number of hydrogen-bond donors (Lipinski definition) is 2. The van der Waals surface area contributed by atoms with Crippen LogP contribution in [-0.4, -0.2) is 82.6 Å². The van der Waals surface area contributed by atoms with Gasteiger partial charge in [-0.25, -0.2) is 0 Å². The Morgan fingerprint density at radius 1 is 0.894 bits per heavy atom. The molecule has 3 amide bonds. The van der Waals surface area contributed by atoms with Gasteiger partial charge in [0.25, 0.3) is 0 Å².